The first kappa shape index (κ1) is 16.0. The summed E-state index contributed by atoms with van der Waals surface area (Å²) in [5, 5.41) is 4.65. The summed E-state index contributed by atoms with van der Waals surface area (Å²) >= 11 is 1.80. The van der Waals surface area contributed by atoms with Gasteiger partial charge in [0.25, 0.3) is 0 Å². The standard InChI is InChI=1S/C17H24N2OS/c1-4-5-10-18-12-16-13(2)19-17(21-16)11-14-8-6-7-9-15(14)20-3/h6-9,18H,4-5,10-12H2,1-3H3. The van der Waals surface area contributed by atoms with Crippen molar-refractivity contribution < 1.29 is 4.74 Å². The van der Waals surface area contributed by atoms with Crippen molar-refractivity contribution in [1.82, 2.24) is 10.3 Å². The molecular formula is C17H24N2OS. The maximum atomic E-state index is 5.41. The molecule has 1 heterocycles. The molecule has 0 atom stereocenters. The molecule has 0 saturated heterocycles. The highest BCUT2D eigenvalue weighted by Gasteiger charge is 2.10. The first-order chi connectivity index (χ1) is 10.2. The zero-order chi connectivity index (χ0) is 15.1. The van der Waals surface area contributed by atoms with E-state index in [1.165, 1.54) is 23.3 Å². The van der Waals surface area contributed by atoms with Crippen molar-refractivity contribution in [2.45, 2.75) is 39.7 Å². The van der Waals surface area contributed by atoms with Gasteiger partial charge in [-0.2, -0.15) is 0 Å². The van der Waals surface area contributed by atoms with Crippen LogP contribution in [0.4, 0.5) is 0 Å². The highest BCUT2D eigenvalue weighted by atomic mass is 32.1. The molecule has 0 bridgehead atoms. The number of benzene rings is 1. The molecule has 21 heavy (non-hydrogen) atoms. The highest BCUT2D eigenvalue weighted by Crippen LogP contribution is 2.25. The van der Waals surface area contributed by atoms with Crippen molar-refractivity contribution in [3.63, 3.8) is 0 Å². The number of aryl methyl sites for hydroxylation is 1. The molecule has 0 unspecified atom stereocenters. The summed E-state index contributed by atoms with van der Waals surface area (Å²) in [6.45, 7) is 6.31. The lowest BCUT2D eigenvalue weighted by molar-refractivity contribution is 0.410. The molecule has 4 heteroatoms. The van der Waals surface area contributed by atoms with Gasteiger partial charge in [0, 0.05) is 23.4 Å². The van der Waals surface area contributed by atoms with Gasteiger partial charge < -0.3 is 10.1 Å². The van der Waals surface area contributed by atoms with Crippen LogP contribution in [0, 0.1) is 6.92 Å². The van der Waals surface area contributed by atoms with Crippen LogP contribution in [0.15, 0.2) is 24.3 Å². The predicted octanol–water partition coefficient (Wildman–Crippen LogP) is 3.94. The fourth-order valence-electron chi connectivity index (χ4n) is 2.24. The molecule has 0 radical (unpaired) electrons. The van der Waals surface area contributed by atoms with Gasteiger partial charge in [0.2, 0.25) is 0 Å². The first-order valence-electron chi connectivity index (χ1n) is 7.52. The molecule has 1 aromatic heterocycles. The summed E-state index contributed by atoms with van der Waals surface area (Å²) in [4.78, 5) is 6.05. The number of ether oxygens (including phenoxy) is 1. The Bertz CT molecular complexity index is 566. The summed E-state index contributed by atoms with van der Waals surface area (Å²) in [6, 6.07) is 8.15. The number of unbranched alkanes of at least 4 members (excludes halogenated alkanes) is 1. The van der Waals surface area contributed by atoms with E-state index in [0.29, 0.717) is 0 Å². The second kappa shape index (κ2) is 8.15. The van der Waals surface area contributed by atoms with Crippen LogP contribution in [-0.4, -0.2) is 18.6 Å². The predicted molar refractivity (Wildman–Crippen MR) is 89.3 cm³/mol. The zero-order valence-corrected chi connectivity index (χ0v) is 13.9. The number of hydrogen-bond donors (Lipinski definition) is 1. The summed E-state index contributed by atoms with van der Waals surface area (Å²) in [6.07, 6.45) is 3.30. The second-order valence-corrected chi connectivity index (χ2v) is 6.30. The Morgan fingerprint density at radius 1 is 1.29 bits per heavy atom. The Morgan fingerprint density at radius 3 is 2.86 bits per heavy atom. The van der Waals surface area contributed by atoms with Gasteiger partial charge in [-0.15, -0.1) is 11.3 Å². The van der Waals surface area contributed by atoms with Gasteiger partial charge in [-0.3, -0.25) is 0 Å². The quantitative estimate of drug-likeness (QED) is 0.750. The van der Waals surface area contributed by atoms with Crippen molar-refractivity contribution in [2.24, 2.45) is 0 Å². The number of para-hydroxylation sites is 1. The van der Waals surface area contributed by atoms with Crippen molar-refractivity contribution in [1.29, 1.82) is 0 Å². The number of nitrogens with one attached hydrogen (secondary N) is 1. The number of thiazole rings is 1. The van der Waals surface area contributed by atoms with Crippen molar-refractivity contribution in [3.8, 4) is 5.75 Å². The number of aromatic nitrogens is 1. The van der Waals surface area contributed by atoms with Crippen molar-refractivity contribution in [2.75, 3.05) is 13.7 Å². The van der Waals surface area contributed by atoms with Gasteiger partial charge in [0.1, 0.15) is 5.75 Å². The van der Waals surface area contributed by atoms with Gasteiger partial charge in [0.15, 0.2) is 0 Å². The smallest absolute Gasteiger partial charge is 0.122 e. The van der Waals surface area contributed by atoms with Crippen molar-refractivity contribution in [3.05, 3.63) is 45.4 Å². The molecule has 0 aliphatic carbocycles. The van der Waals surface area contributed by atoms with E-state index >= 15 is 0 Å². The third-order valence-corrected chi connectivity index (χ3v) is 4.62. The van der Waals surface area contributed by atoms with Crippen LogP contribution in [0.1, 0.15) is 40.9 Å². The van der Waals surface area contributed by atoms with Gasteiger partial charge in [0.05, 0.1) is 17.8 Å². The molecule has 114 valence electrons. The van der Waals surface area contributed by atoms with Crippen LogP contribution in [0.3, 0.4) is 0 Å². The van der Waals surface area contributed by atoms with Crippen LogP contribution in [0.25, 0.3) is 0 Å². The van der Waals surface area contributed by atoms with Crippen molar-refractivity contribution >= 4 is 11.3 Å². The van der Waals surface area contributed by atoms with Gasteiger partial charge >= 0.3 is 0 Å². The van der Waals surface area contributed by atoms with Crippen LogP contribution in [-0.2, 0) is 13.0 Å². The fourth-order valence-corrected chi connectivity index (χ4v) is 3.31. The zero-order valence-electron chi connectivity index (χ0n) is 13.1. The molecule has 3 nitrogen and oxygen atoms in total. The Hall–Kier alpha value is -1.39. The third kappa shape index (κ3) is 4.55. The maximum absolute atomic E-state index is 5.41. The molecule has 1 N–H and O–H groups in total. The van der Waals surface area contributed by atoms with Crippen LogP contribution >= 0.6 is 11.3 Å². The van der Waals surface area contributed by atoms with Gasteiger partial charge in [-0.25, -0.2) is 4.98 Å². The largest absolute Gasteiger partial charge is 0.496 e. The lowest BCUT2D eigenvalue weighted by atomic mass is 10.1. The number of nitrogens with zero attached hydrogens (tertiary/aromatic N) is 1. The minimum absolute atomic E-state index is 0.838. The second-order valence-electron chi connectivity index (χ2n) is 5.14. The average molecular weight is 304 g/mol. The summed E-state index contributed by atoms with van der Waals surface area (Å²) in [5.41, 5.74) is 2.34. The van der Waals surface area contributed by atoms with E-state index in [1.807, 2.05) is 18.2 Å². The number of hydrogen-bond acceptors (Lipinski definition) is 4. The van der Waals surface area contributed by atoms with E-state index in [9.17, 15) is 0 Å². The topological polar surface area (TPSA) is 34.1 Å². The number of rotatable bonds is 8. The van der Waals surface area contributed by atoms with E-state index < -0.39 is 0 Å². The van der Waals surface area contributed by atoms with Crippen LogP contribution in [0.5, 0.6) is 5.75 Å². The van der Waals surface area contributed by atoms with E-state index in [2.05, 4.69) is 25.2 Å². The Kier molecular flexibility index (Phi) is 6.21. The van der Waals surface area contributed by atoms with E-state index in [-0.39, 0.29) is 0 Å². The van der Waals surface area contributed by atoms with Crippen LogP contribution in [0.2, 0.25) is 0 Å². The summed E-state index contributed by atoms with van der Waals surface area (Å²) in [7, 11) is 1.72. The Labute approximate surface area is 131 Å². The van der Waals surface area contributed by atoms with E-state index in [4.69, 9.17) is 9.72 Å². The molecule has 2 aromatic rings. The molecule has 0 aliphatic rings. The molecule has 2 rings (SSSR count). The molecule has 0 aliphatic heterocycles. The fraction of sp³-hybridized carbons (Fsp3) is 0.471. The third-order valence-electron chi connectivity index (χ3n) is 3.46. The minimum Gasteiger partial charge on any atom is -0.496 e. The molecule has 0 amide bonds. The van der Waals surface area contributed by atoms with Gasteiger partial charge in [-0.1, -0.05) is 31.5 Å². The SMILES string of the molecule is CCCCNCc1sc(Cc2ccccc2OC)nc1C. The average Bonchev–Trinajstić information content (AvgIpc) is 2.84. The summed E-state index contributed by atoms with van der Waals surface area (Å²) in [5.74, 6) is 0.938. The Balaban J connectivity index is 2.01. The number of methoxy groups -OCH3 is 1. The maximum Gasteiger partial charge on any atom is 0.122 e. The van der Waals surface area contributed by atoms with Crippen LogP contribution < -0.4 is 10.1 Å². The molecule has 0 saturated carbocycles. The normalized spacial score (nSPS) is 10.8. The lowest BCUT2D eigenvalue weighted by Crippen LogP contribution is -2.14. The molecule has 0 fully saturated rings. The molecule has 1 aromatic carbocycles. The molecule has 0 spiro atoms. The highest BCUT2D eigenvalue weighted by molar-refractivity contribution is 7.11. The molecular weight excluding hydrogens is 280 g/mol. The summed E-state index contributed by atoms with van der Waals surface area (Å²) < 4.78 is 5.41. The first-order valence-corrected chi connectivity index (χ1v) is 8.34. The van der Waals surface area contributed by atoms with Gasteiger partial charge in [-0.05, 0) is 26.0 Å². The lowest BCUT2D eigenvalue weighted by Gasteiger charge is -2.05. The van der Waals surface area contributed by atoms with E-state index in [1.54, 1.807) is 18.4 Å². The minimum atomic E-state index is 0.838. The van der Waals surface area contributed by atoms with E-state index in [0.717, 1.165) is 36.0 Å². The monoisotopic (exact) mass is 304 g/mol. The Morgan fingerprint density at radius 2 is 2.10 bits per heavy atom.